The predicted octanol–water partition coefficient (Wildman–Crippen LogP) is 1.82. The van der Waals surface area contributed by atoms with Crippen LogP contribution in [0.3, 0.4) is 0 Å². The third kappa shape index (κ3) is 6.89. The molecule has 12 nitrogen and oxygen atoms in total. The average molecular weight is 709 g/mol. The number of aldehydes is 1. The minimum atomic E-state index is -1.25. The predicted molar refractivity (Wildman–Crippen MR) is 160 cm³/mol. The number of nitrogens with one attached hydrogen (secondary N) is 1. The van der Waals surface area contributed by atoms with Crippen molar-refractivity contribution in [2.75, 3.05) is 40.3 Å². The van der Waals surface area contributed by atoms with Crippen LogP contribution in [0.4, 0.5) is 0 Å². The number of aliphatic hydroxyl groups is 2. The summed E-state index contributed by atoms with van der Waals surface area (Å²) < 4.78 is 28.8. The second kappa shape index (κ2) is 13.9. The zero-order valence-corrected chi connectivity index (χ0v) is 25.7. The third-order valence-electron chi connectivity index (χ3n) is 7.61. The van der Waals surface area contributed by atoms with E-state index in [0.29, 0.717) is 45.5 Å². The smallest absolute Gasteiger partial charge is 0.247 e. The number of halogens is 1. The Morgan fingerprint density at radius 2 is 2.02 bits per heavy atom. The number of nitrogens with zero attached hydrogens (tertiary/aromatic N) is 1. The van der Waals surface area contributed by atoms with Crippen LogP contribution in [0.2, 0.25) is 0 Å². The molecular formula is C30H33IN2O10. The molecule has 5 rings (SSSR count). The molecule has 13 heteroatoms. The summed E-state index contributed by atoms with van der Waals surface area (Å²) in [7, 11) is 1.44. The van der Waals surface area contributed by atoms with Crippen LogP contribution in [0.15, 0.2) is 42.0 Å². The molecule has 2 aromatic rings. The van der Waals surface area contributed by atoms with E-state index in [2.05, 4.69) is 5.32 Å². The number of aliphatic hydroxyl groups excluding tert-OH is 2. The molecule has 0 spiro atoms. The maximum absolute atomic E-state index is 14.0. The van der Waals surface area contributed by atoms with Crippen molar-refractivity contribution < 1.29 is 48.3 Å². The highest BCUT2D eigenvalue weighted by atomic mass is 127. The number of hydrogen-bond acceptors (Lipinski definition) is 10. The van der Waals surface area contributed by atoms with E-state index in [9.17, 15) is 24.6 Å². The van der Waals surface area contributed by atoms with Crippen molar-refractivity contribution in [2.45, 2.75) is 37.6 Å². The number of amides is 2. The minimum Gasteiger partial charge on any atom is -0.493 e. The van der Waals surface area contributed by atoms with Gasteiger partial charge in [0.1, 0.15) is 18.5 Å². The summed E-state index contributed by atoms with van der Waals surface area (Å²) in [5, 5.41) is 23.7. The van der Waals surface area contributed by atoms with Gasteiger partial charge in [-0.2, -0.15) is 0 Å². The second-order valence-electron chi connectivity index (χ2n) is 10.4. The van der Waals surface area contributed by atoms with Gasteiger partial charge < -0.3 is 44.1 Å². The van der Waals surface area contributed by atoms with Crippen LogP contribution in [-0.4, -0.2) is 91.7 Å². The first kappa shape index (κ1) is 31.0. The number of fused-ring (bicyclic) bond motifs is 1. The van der Waals surface area contributed by atoms with E-state index in [-0.39, 0.29) is 56.9 Å². The molecule has 3 N–H and O–H groups in total. The lowest BCUT2D eigenvalue weighted by Crippen LogP contribution is -2.56. The van der Waals surface area contributed by atoms with E-state index >= 15 is 0 Å². The van der Waals surface area contributed by atoms with Crippen molar-refractivity contribution in [1.29, 1.82) is 0 Å². The van der Waals surface area contributed by atoms with Crippen molar-refractivity contribution in [3.05, 3.63) is 56.7 Å². The molecule has 2 amide bonds. The molecule has 1 unspecified atom stereocenters. The van der Waals surface area contributed by atoms with E-state index in [1.165, 1.54) is 19.3 Å². The van der Waals surface area contributed by atoms with Crippen molar-refractivity contribution in [1.82, 2.24) is 10.2 Å². The zero-order valence-electron chi connectivity index (χ0n) is 23.5. The van der Waals surface area contributed by atoms with Crippen LogP contribution in [-0.2, 0) is 20.9 Å². The summed E-state index contributed by atoms with van der Waals surface area (Å²) in [6.07, 6.45) is 0.484. The largest absolute Gasteiger partial charge is 0.493 e. The highest BCUT2D eigenvalue weighted by Crippen LogP contribution is 2.38. The molecule has 1 aliphatic carbocycles. The Kier molecular flexibility index (Phi) is 10.1. The van der Waals surface area contributed by atoms with E-state index in [4.69, 9.17) is 23.7 Å². The summed E-state index contributed by atoms with van der Waals surface area (Å²) >= 11 is 2.01. The van der Waals surface area contributed by atoms with E-state index in [0.717, 1.165) is 5.56 Å². The van der Waals surface area contributed by atoms with Gasteiger partial charge in [-0.15, -0.1) is 0 Å². The molecule has 0 radical (unpaired) electrons. The topological polar surface area (TPSA) is 153 Å². The molecule has 3 aliphatic rings. The van der Waals surface area contributed by atoms with E-state index in [1.807, 2.05) is 28.7 Å². The van der Waals surface area contributed by atoms with Crippen LogP contribution in [0, 0.1) is 9.49 Å². The van der Waals surface area contributed by atoms with Gasteiger partial charge >= 0.3 is 0 Å². The maximum Gasteiger partial charge on any atom is 0.247 e. The fourth-order valence-corrected chi connectivity index (χ4v) is 6.15. The van der Waals surface area contributed by atoms with Gasteiger partial charge in [-0.05, 0) is 64.9 Å². The van der Waals surface area contributed by atoms with Crippen LogP contribution in [0.5, 0.6) is 23.0 Å². The molecule has 1 fully saturated rings. The molecule has 1 saturated heterocycles. The Morgan fingerprint density at radius 1 is 1.21 bits per heavy atom. The molecular weight excluding hydrogens is 675 g/mol. The van der Waals surface area contributed by atoms with Gasteiger partial charge in [-0.1, -0.05) is 6.07 Å². The van der Waals surface area contributed by atoms with Gasteiger partial charge in [-0.3, -0.25) is 14.4 Å². The standard InChI is InChI=1S/C30H33IN2O10/c1-39-26-10-18(14-35)8-21(31)28(26)43-25-12-20(29(37)32-5-6-34)11-22(27(25)36)33(30(38)19-4-7-40-15-19)13-17-2-3-23-24(9-17)42-16-41-23/h2-3,8-10,12,14,19,22,25,27,34,36H,4-7,11,13,15-16H2,1H3,(H,32,37)/t19?,22-,25+,27+/m1/s1. The molecule has 2 aromatic carbocycles. The normalized spacial score (nSPS) is 22.5. The summed E-state index contributed by atoms with van der Waals surface area (Å²) in [5.74, 6) is 0.655. The molecule has 43 heavy (non-hydrogen) atoms. The quantitative estimate of drug-likeness (QED) is 0.233. The Hall–Kier alpha value is -3.40. The number of hydrogen-bond donors (Lipinski definition) is 3. The second-order valence-corrected chi connectivity index (χ2v) is 11.5. The Balaban J connectivity index is 1.51. The Labute approximate surface area is 262 Å². The minimum absolute atomic E-state index is 0.0348. The lowest BCUT2D eigenvalue weighted by molar-refractivity contribution is -0.143. The Bertz CT molecular complexity index is 1390. The van der Waals surface area contributed by atoms with Gasteiger partial charge in [0, 0.05) is 37.3 Å². The molecule has 0 saturated carbocycles. The van der Waals surface area contributed by atoms with Gasteiger partial charge in [-0.25, -0.2) is 0 Å². The highest BCUT2D eigenvalue weighted by Gasteiger charge is 2.43. The first-order chi connectivity index (χ1) is 20.8. The lowest BCUT2D eigenvalue weighted by Gasteiger charge is -2.41. The van der Waals surface area contributed by atoms with Crippen molar-refractivity contribution in [3.8, 4) is 23.0 Å². The molecule has 230 valence electrons. The number of carbonyl (C=O) groups excluding carboxylic acids is 3. The van der Waals surface area contributed by atoms with Crippen molar-refractivity contribution >= 4 is 40.7 Å². The third-order valence-corrected chi connectivity index (χ3v) is 8.41. The van der Waals surface area contributed by atoms with E-state index < -0.39 is 30.1 Å². The van der Waals surface area contributed by atoms with Gasteiger partial charge in [0.25, 0.3) is 0 Å². The average Bonchev–Trinajstić information content (AvgIpc) is 3.72. The van der Waals surface area contributed by atoms with Crippen molar-refractivity contribution in [3.63, 3.8) is 0 Å². The molecule has 0 bridgehead atoms. The van der Waals surface area contributed by atoms with Gasteiger partial charge in [0.2, 0.25) is 18.6 Å². The first-order valence-corrected chi connectivity index (χ1v) is 14.9. The highest BCUT2D eigenvalue weighted by molar-refractivity contribution is 14.1. The number of carbonyl (C=O) groups is 3. The number of benzene rings is 2. The van der Waals surface area contributed by atoms with Crippen LogP contribution in [0.25, 0.3) is 0 Å². The van der Waals surface area contributed by atoms with Gasteiger partial charge in [0.05, 0.1) is 35.9 Å². The van der Waals surface area contributed by atoms with Crippen LogP contribution < -0.4 is 24.3 Å². The van der Waals surface area contributed by atoms with Crippen LogP contribution >= 0.6 is 22.6 Å². The first-order valence-electron chi connectivity index (χ1n) is 13.9. The molecule has 2 heterocycles. The molecule has 2 aliphatic heterocycles. The lowest BCUT2D eigenvalue weighted by atomic mass is 9.87. The maximum atomic E-state index is 14.0. The van der Waals surface area contributed by atoms with E-state index in [1.54, 1.807) is 23.1 Å². The summed E-state index contributed by atoms with van der Waals surface area (Å²) in [5.41, 5.74) is 1.43. The number of ether oxygens (including phenoxy) is 5. The summed E-state index contributed by atoms with van der Waals surface area (Å²) in [6.45, 7) is 0.733. The summed E-state index contributed by atoms with van der Waals surface area (Å²) in [6, 6.07) is 7.67. The zero-order chi connectivity index (χ0) is 30.5. The van der Waals surface area contributed by atoms with Crippen molar-refractivity contribution in [2.24, 2.45) is 5.92 Å². The number of rotatable bonds is 11. The number of methoxy groups -OCH3 is 1. The fraction of sp³-hybridized carbons (Fsp3) is 0.433. The SMILES string of the molecule is COc1cc(C=O)cc(I)c1O[C@H]1C=C(C(=O)NCCO)C[C@@H](N(Cc2ccc3c(c2)OCO3)C(=O)C2CCOC2)[C@@H]1O. The molecule has 4 atom stereocenters. The van der Waals surface area contributed by atoms with Crippen LogP contribution in [0.1, 0.15) is 28.8 Å². The molecule has 0 aromatic heterocycles. The van der Waals surface area contributed by atoms with Gasteiger partial charge in [0.15, 0.2) is 23.0 Å². The Morgan fingerprint density at radius 3 is 2.74 bits per heavy atom. The monoisotopic (exact) mass is 708 g/mol. The fourth-order valence-electron chi connectivity index (χ4n) is 5.40. The summed E-state index contributed by atoms with van der Waals surface area (Å²) in [4.78, 5) is 40.2.